The maximum absolute atomic E-state index is 12.1. The zero-order valence-electron chi connectivity index (χ0n) is 15.4. The fourth-order valence-electron chi connectivity index (χ4n) is 3.58. The summed E-state index contributed by atoms with van der Waals surface area (Å²) < 4.78 is 0. The zero-order chi connectivity index (χ0) is 17.4. The van der Waals surface area contributed by atoms with Crippen molar-refractivity contribution in [2.75, 3.05) is 26.2 Å². The maximum Gasteiger partial charge on any atom is 0.322 e. The molecule has 0 aromatic heterocycles. The summed E-state index contributed by atoms with van der Waals surface area (Å²) in [5, 5.41) is 8.56. The molecule has 3 N–H and O–H groups in total. The van der Waals surface area contributed by atoms with Crippen LogP contribution >= 0.6 is 24.0 Å². The third kappa shape index (κ3) is 4.38. The number of likely N-dealkylation sites (tertiary alicyclic amines) is 1. The summed E-state index contributed by atoms with van der Waals surface area (Å²) in [4.78, 5) is 30.7. The van der Waals surface area contributed by atoms with Gasteiger partial charge in [-0.2, -0.15) is 0 Å². The molecule has 1 unspecified atom stereocenters. The van der Waals surface area contributed by atoms with Gasteiger partial charge in [-0.25, -0.2) is 4.79 Å². The number of amides is 3. The summed E-state index contributed by atoms with van der Waals surface area (Å²) >= 11 is 0. The van der Waals surface area contributed by atoms with Crippen molar-refractivity contribution in [3.05, 3.63) is 0 Å². The van der Waals surface area contributed by atoms with Crippen molar-refractivity contribution in [1.82, 2.24) is 20.9 Å². The lowest BCUT2D eigenvalue weighted by atomic mass is 9.79. The quantitative estimate of drug-likeness (QED) is 0.256. The van der Waals surface area contributed by atoms with Crippen LogP contribution in [0.3, 0.4) is 0 Å². The van der Waals surface area contributed by atoms with Gasteiger partial charge in [0, 0.05) is 26.2 Å². The molecule has 2 saturated heterocycles. The number of aliphatic imine (C=N–C) groups is 1. The van der Waals surface area contributed by atoms with Crippen LogP contribution in [0.25, 0.3) is 0 Å². The van der Waals surface area contributed by atoms with E-state index in [1.807, 2.05) is 6.92 Å². The van der Waals surface area contributed by atoms with Crippen molar-refractivity contribution in [2.45, 2.75) is 52.0 Å². The number of piperidine rings is 1. The molecule has 8 heteroatoms. The molecule has 142 valence electrons. The Morgan fingerprint density at radius 3 is 2.40 bits per heavy atom. The summed E-state index contributed by atoms with van der Waals surface area (Å²) in [5.41, 5.74) is -0.376. The Balaban J connectivity index is 0.00000225. The number of guanidine groups is 1. The average Bonchev–Trinajstić information content (AvgIpc) is 3.22. The average molecular weight is 463 g/mol. The van der Waals surface area contributed by atoms with Crippen LogP contribution in [0, 0.1) is 11.3 Å². The smallest absolute Gasteiger partial charge is 0.322 e. The molecular weight excluding hydrogens is 433 g/mol. The Kier molecular flexibility index (Phi) is 6.22. The zero-order valence-corrected chi connectivity index (χ0v) is 17.7. The molecule has 3 amide bonds. The molecule has 25 heavy (non-hydrogen) atoms. The van der Waals surface area contributed by atoms with Crippen LogP contribution in [0.2, 0.25) is 0 Å². The van der Waals surface area contributed by atoms with Gasteiger partial charge in [-0.15, -0.1) is 24.0 Å². The summed E-state index contributed by atoms with van der Waals surface area (Å²) in [6, 6.07) is -0.377. The van der Waals surface area contributed by atoms with E-state index in [9.17, 15) is 9.59 Å². The van der Waals surface area contributed by atoms with Crippen LogP contribution in [0.4, 0.5) is 4.79 Å². The number of urea groups is 1. The van der Waals surface area contributed by atoms with E-state index in [1.165, 1.54) is 12.8 Å². The predicted molar refractivity (Wildman–Crippen MR) is 108 cm³/mol. The summed E-state index contributed by atoms with van der Waals surface area (Å²) in [7, 11) is 0. The number of imide groups is 1. The van der Waals surface area contributed by atoms with Crippen LogP contribution in [-0.4, -0.2) is 54.5 Å². The Bertz CT molecular complexity index is 555. The molecular formula is C17H30IN5O2. The Morgan fingerprint density at radius 1 is 1.28 bits per heavy atom. The molecule has 1 saturated carbocycles. The van der Waals surface area contributed by atoms with Gasteiger partial charge in [0.15, 0.2) is 5.96 Å². The van der Waals surface area contributed by atoms with Crippen LogP contribution in [-0.2, 0) is 4.79 Å². The number of rotatable bonds is 4. The van der Waals surface area contributed by atoms with Crippen molar-refractivity contribution in [2.24, 2.45) is 16.3 Å². The predicted octanol–water partition coefficient (Wildman–Crippen LogP) is 1.68. The first kappa shape index (κ1) is 20.3. The molecule has 0 radical (unpaired) electrons. The number of carbonyl (C=O) groups excluding carboxylic acids is 2. The SMILES string of the molecule is CCNC(=NCC1(C)CC1)N1CCC(C2(C)NC(=O)NC2=O)CC1.I. The normalized spacial score (nSPS) is 28.9. The molecule has 2 aliphatic heterocycles. The standard InChI is InChI=1S/C17H29N5O2.HI/c1-4-18-14(19-11-16(2)7-8-16)22-9-5-12(6-10-22)17(3)13(23)20-15(24)21-17;/h12H,4-11H2,1-3H3,(H,18,19)(H2,20,21,23,24);1H. The molecule has 3 rings (SSSR count). The molecule has 0 spiro atoms. The van der Waals surface area contributed by atoms with E-state index in [4.69, 9.17) is 4.99 Å². The molecule has 1 atom stereocenters. The highest BCUT2D eigenvalue weighted by Gasteiger charge is 2.48. The fraction of sp³-hybridized carbons (Fsp3) is 0.824. The Labute approximate surface area is 166 Å². The molecule has 0 aromatic carbocycles. The first-order valence-corrected chi connectivity index (χ1v) is 9.03. The second-order valence-corrected chi connectivity index (χ2v) is 7.85. The lowest BCUT2D eigenvalue weighted by Gasteiger charge is -2.39. The van der Waals surface area contributed by atoms with E-state index >= 15 is 0 Å². The van der Waals surface area contributed by atoms with Crippen molar-refractivity contribution in [1.29, 1.82) is 0 Å². The van der Waals surface area contributed by atoms with Crippen molar-refractivity contribution >= 4 is 41.9 Å². The highest BCUT2D eigenvalue weighted by Crippen LogP contribution is 2.45. The van der Waals surface area contributed by atoms with Gasteiger partial charge in [0.1, 0.15) is 5.54 Å². The highest BCUT2D eigenvalue weighted by molar-refractivity contribution is 14.0. The van der Waals surface area contributed by atoms with Crippen LogP contribution in [0.15, 0.2) is 4.99 Å². The van der Waals surface area contributed by atoms with Crippen LogP contribution in [0.5, 0.6) is 0 Å². The molecule has 3 fully saturated rings. The monoisotopic (exact) mass is 463 g/mol. The number of hydrogen-bond acceptors (Lipinski definition) is 3. The summed E-state index contributed by atoms with van der Waals surface area (Å²) in [5.74, 6) is 0.936. The molecule has 1 aliphatic carbocycles. The number of halogens is 1. The van der Waals surface area contributed by atoms with Gasteiger partial charge in [0.05, 0.1) is 0 Å². The van der Waals surface area contributed by atoms with Gasteiger partial charge in [0.2, 0.25) is 0 Å². The number of nitrogens with one attached hydrogen (secondary N) is 3. The third-order valence-electron chi connectivity index (χ3n) is 5.73. The summed E-state index contributed by atoms with van der Waals surface area (Å²) in [6.45, 7) is 9.64. The van der Waals surface area contributed by atoms with Gasteiger partial charge in [-0.1, -0.05) is 6.92 Å². The number of hydrogen-bond donors (Lipinski definition) is 3. The molecule has 3 aliphatic rings. The first-order valence-electron chi connectivity index (χ1n) is 9.03. The van der Waals surface area contributed by atoms with E-state index in [1.54, 1.807) is 0 Å². The largest absolute Gasteiger partial charge is 0.357 e. The third-order valence-corrected chi connectivity index (χ3v) is 5.73. The minimum Gasteiger partial charge on any atom is -0.357 e. The van der Waals surface area contributed by atoms with E-state index < -0.39 is 5.54 Å². The van der Waals surface area contributed by atoms with Crippen molar-refractivity contribution in [3.63, 3.8) is 0 Å². The number of carbonyl (C=O) groups is 2. The van der Waals surface area contributed by atoms with E-state index in [0.717, 1.165) is 45.0 Å². The Morgan fingerprint density at radius 2 is 1.92 bits per heavy atom. The van der Waals surface area contributed by atoms with Crippen LogP contribution in [0.1, 0.15) is 46.5 Å². The second kappa shape index (κ2) is 7.67. The topological polar surface area (TPSA) is 85.8 Å². The maximum atomic E-state index is 12.1. The van der Waals surface area contributed by atoms with E-state index in [2.05, 4.69) is 34.7 Å². The molecule has 2 heterocycles. The van der Waals surface area contributed by atoms with Gasteiger partial charge in [-0.05, 0) is 50.9 Å². The number of nitrogens with zero attached hydrogens (tertiary/aromatic N) is 2. The van der Waals surface area contributed by atoms with Gasteiger partial charge < -0.3 is 15.5 Å². The summed E-state index contributed by atoms with van der Waals surface area (Å²) in [6.07, 6.45) is 4.27. The van der Waals surface area contributed by atoms with E-state index in [0.29, 0.717) is 5.41 Å². The fourth-order valence-corrected chi connectivity index (χ4v) is 3.58. The van der Waals surface area contributed by atoms with Crippen LogP contribution < -0.4 is 16.0 Å². The van der Waals surface area contributed by atoms with Gasteiger partial charge in [-0.3, -0.25) is 15.1 Å². The highest BCUT2D eigenvalue weighted by atomic mass is 127. The lowest BCUT2D eigenvalue weighted by molar-refractivity contribution is -0.125. The first-order chi connectivity index (χ1) is 11.4. The van der Waals surface area contributed by atoms with Crippen molar-refractivity contribution in [3.8, 4) is 0 Å². The van der Waals surface area contributed by atoms with Gasteiger partial charge >= 0.3 is 6.03 Å². The van der Waals surface area contributed by atoms with Crippen molar-refractivity contribution < 1.29 is 9.59 Å². The second-order valence-electron chi connectivity index (χ2n) is 7.85. The minimum absolute atomic E-state index is 0. The molecule has 7 nitrogen and oxygen atoms in total. The minimum atomic E-state index is -0.778. The lowest BCUT2D eigenvalue weighted by Crippen LogP contribution is -2.55. The molecule has 0 bridgehead atoms. The van der Waals surface area contributed by atoms with E-state index in [-0.39, 0.29) is 41.8 Å². The van der Waals surface area contributed by atoms with Gasteiger partial charge in [0.25, 0.3) is 5.91 Å². The Hall–Kier alpha value is -1.06. The molecule has 0 aromatic rings.